The van der Waals surface area contributed by atoms with E-state index in [9.17, 15) is 0 Å². The smallest absolute Gasteiger partial charge is 0.0318 e. The average molecular weight is 276 g/mol. The fourth-order valence-electron chi connectivity index (χ4n) is 3.79. The summed E-state index contributed by atoms with van der Waals surface area (Å²) >= 11 is 0. The first kappa shape index (κ1) is 15.6. The first-order valence-electron chi connectivity index (χ1n) is 8.17. The van der Waals surface area contributed by atoms with E-state index in [1.54, 1.807) is 0 Å². The fourth-order valence-corrected chi connectivity index (χ4v) is 3.79. The van der Waals surface area contributed by atoms with Crippen molar-refractivity contribution in [3.63, 3.8) is 0 Å². The highest BCUT2D eigenvalue weighted by atomic mass is 15.0. The van der Waals surface area contributed by atoms with Crippen molar-refractivity contribution in [2.24, 2.45) is 17.1 Å². The molecule has 0 saturated heterocycles. The maximum atomic E-state index is 6.41. The highest BCUT2D eigenvalue weighted by molar-refractivity contribution is 5.34. The van der Waals surface area contributed by atoms with Gasteiger partial charge in [0, 0.05) is 23.5 Å². The largest absolute Gasteiger partial charge is 0.346 e. The Kier molecular flexibility index (Phi) is 4.34. The molecule has 2 atom stereocenters. The van der Waals surface area contributed by atoms with Gasteiger partial charge in [0.25, 0.3) is 0 Å². The summed E-state index contributed by atoms with van der Waals surface area (Å²) in [6, 6.07) is 3.13. The molecule has 1 aromatic heterocycles. The van der Waals surface area contributed by atoms with E-state index in [0.717, 1.165) is 18.8 Å². The zero-order valence-electron chi connectivity index (χ0n) is 14.2. The minimum Gasteiger partial charge on any atom is -0.346 e. The standard InChI is InChI=1S/C18H32N2/c1-12(2)7-8-13(3)20-14(4)9-15-16(19)10-18(5,6)11-17(15)20/h9,12-13,16H,7-8,10-11,19H2,1-6H3. The predicted octanol–water partition coefficient (Wildman–Crippen LogP) is 4.77. The van der Waals surface area contributed by atoms with Gasteiger partial charge in [0.05, 0.1) is 0 Å². The van der Waals surface area contributed by atoms with Gasteiger partial charge in [-0.2, -0.15) is 0 Å². The Labute approximate surface area is 124 Å². The van der Waals surface area contributed by atoms with Crippen LogP contribution in [0.25, 0.3) is 0 Å². The van der Waals surface area contributed by atoms with Crippen LogP contribution in [0.2, 0.25) is 0 Å². The van der Waals surface area contributed by atoms with E-state index < -0.39 is 0 Å². The van der Waals surface area contributed by atoms with E-state index in [-0.39, 0.29) is 6.04 Å². The summed E-state index contributed by atoms with van der Waals surface area (Å²) < 4.78 is 2.57. The molecule has 2 nitrogen and oxygen atoms in total. The van der Waals surface area contributed by atoms with Crippen LogP contribution in [0.5, 0.6) is 0 Å². The zero-order valence-corrected chi connectivity index (χ0v) is 14.2. The summed E-state index contributed by atoms with van der Waals surface area (Å²) in [4.78, 5) is 0. The lowest BCUT2D eigenvalue weighted by atomic mass is 9.74. The number of rotatable bonds is 4. The van der Waals surface area contributed by atoms with E-state index in [2.05, 4.69) is 52.2 Å². The van der Waals surface area contributed by atoms with Crippen molar-refractivity contribution in [3.05, 3.63) is 23.0 Å². The van der Waals surface area contributed by atoms with Gasteiger partial charge in [0.2, 0.25) is 0 Å². The van der Waals surface area contributed by atoms with E-state index in [4.69, 9.17) is 5.73 Å². The van der Waals surface area contributed by atoms with Crippen LogP contribution in [-0.4, -0.2) is 4.57 Å². The van der Waals surface area contributed by atoms with E-state index in [0.29, 0.717) is 11.5 Å². The fraction of sp³-hybridized carbons (Fsp3) is 0.778. The Balaban J connectivity index is 2.31. The van der Waals surface area contributed by atoms with Gasteiger partial charge >= 0.3 is 0 Å². The van der Waals surface area contributed by atoms with Gasteiger partial charge in [-0.15, -0.1) is 0 Å². The molecule has 0 spiro atoms. The maximum Gasteiger partial charge on any atom is 0.0318 e. The second-order valence-electron chi connectivity index (χ2n) is 8.03. The summed E-state index contributed by atoms with van der Waals surface area (Å²) in [6.45, 7) is 13.9. The van der Waals surface area contributed by atoms with Crippen LogP contribution in [-0.2, 0) is 6.42 Å². The third-order valence-corrected chi connectivity index (χ3v) is 4.79. The van der Waals surface area contributed by atoms with Crippen LogP contribution < -0.4 is 5.73 Å². The number of aromatic nitrogens is 1. The number of aryl methyl sites for hydroxylation is 1. The van der Waals surface area contributed by atoms with Crippen molar-refractivity contribution in [2.75, 3.05) is 0 Å². The highest BCUT2D eigenvalue weighted by Gasteiger charge is 2.33. The minimum absolute atomic E-state index is 0.214. The van der Waals surface area contributed by atoms with Crippen LogP contribution in [0.3, 0.4) is 0 Å². The molecule has 0 radical (unpaired) electrons. The molecule has 0 aliphatic heterocycles. The van der Waals surface area contributed by atoms with Crippen molar-refractivity contribution in [1.29, 1.82) is 0 Å². The minimum atomic E-state index is 0.214. The Hall–Kier alpha value is -0.760. The predicted molar refractivity (Wildman–Crippen MR) is 87.0 cm³/mol. The lowest BCUT2D eigenvalue weighted by Gasteiger charge is -2.35. The Morgan fingerprint density at radius 2 is 1.95 bits per heavy atom. The molecular formula is C18H32N2. The van der Waals surface area contributed by atoms with Crippen molar-refractivity contribution >= 4 is 0 Å². The van der Waals surface area contributed by atoms with Gasteiger partial charge in [0.15, 0.2) is 0 Å². The van der Waals surface area contributed by atoms with E-state index in [1.807, 2.05) is 0 Å². The summed E-state index contributed by atoms with van der Waals surface area (Å²) in [6.07, 6.45) is 4.82. The summed E-state index contributed by atoms with van der Waals surface area (Å²) in [5.74, 6) is 0.780. The molecule has 0 saturated carbocycles. The van der Waals surface area contributed by atoms with Crippen molar-refractivity contribution in [2.45, 2.75) is 79.3 Å². The van der Waals surface area contributed by atoms with Gasteiger partial charge in [-0.1, -0.05) is 27.7 Å². The third kappa shape index (κ3) is 3.11. The van der Waals surface area contributed by atoms with Crippen LogP contribution in [0.1, 0.15) is 82.9 Å². The van der Waals surface area contributed by atoms with Crippen molar-refractivity contribution < 1.29 is 0 Å². The normalized spacial score (nSPS) is 22.9. The average Bonchev–Trinajstić information content (AvgIpc) is 2.61. The van der Waals surface area contributed by atoms with Crippen molar-refractivity contribution in [3.8, 4) is 0 Å². The first-order chi connectivity index (χ1) is 9.21. The van der Waals surface area contributed by atoms with Gasteiger partial charge in [-0.3, -0.25) is 0 Å². The third-order valence-electron chi connectivity index (χ3n) is 4.79. The molecular weight excluding hydrogens is 244 g/mol. The van der Waals surface area contributed by atoms with Gasteiger partial charge < -0.3 is 10.3 Å². The number of hydrogen-bond acceptors (Lipinski definition) is 1. The molecule has 1 aliphatic carbocycles. The monoisotopic (exact) mass is 276 g/mol. The molecule has 2 N–H and O–H groups in total. The number of nitrogens with zero attached hydrogens (tertiary/aromatic N) is 1. The number of hydrogen-bond donors (Lipinski definition) is 1. The van der Waals surface area contributed by atoms with Crippen LogP contribution in [0.4, 0.5) is 0 Å². The van der Waals surface area contributed by atoms with Crippen LogP contribution in [0.15, 0.2) is 6.07 Å². The molecule has 20 heavy (non-hydrogen) atoms. The van der Waals surface area contributed by atoms with Gasteiger partial charge in [0.1, 0.15) is 0 Å². The summed E-state index contributed by atoms with van der Waals surface area (Å²) in [5, 5.41) is 0. The Bertz CT molecular complexity index is 468. The first-order valence-corrected chi connectivity index (χ1v) is 8.17. The topological polar surface area (TPSA) is 30.9 Å². The molecule has 2 unspecified atom stereocenters. The molecule has 1 heterocycles. The lowest BCUT2D eigenvalue weighted by Crippen LogP contribution is -2.31. The molecule has 0 amide bonds. The lowest BCUT2D eigenvalue weighted by molar-refractivity contribution is 0.270. The molecule has 2 rings (SSSR count). The SMILES string of the molecule is Cc1cc2c(n1C(C)CCC(C)C)CC(C)(C)CC2N. The molecule has 114 valence electrons. The zero-order chi connectivity index (χ0) is 15.1. The van der Waals surface area contributed by atoms with E-state index >= 15 is 0 Å². The Morgan fingerprint density at radius 3 is 2.55 bits per heavy atom. The van der Waals surface area contributed by atoms with Gasteiger partial charge in [-0.05, 0) is 62.5 Å². The quantitative estimate of drug-likeness (QED) is 0.844. The molecule has 1 aliphatic rings. The molecule has 0 aromatic carbocycles. The Morgan fingerprint density at radius 1 is 1.30 bits per heavy atom. The molecule has 0 bridgehead atoms. The maximum absolute atomic E-state index is 6.41. The summed E-state index contributed by atoms with van der Waals surface area (Å²) in [5.41, 5.74) is 11.0. The summed E-state index contributed by atoms with van der Waals surface area (Å²) in [7, 11) is 0. The van der Waals surface area contributed by atoms with Crippen molar-refractivity contribution in [1.82, 2.24) is 4.57 Å². The molecule has 0 fully saturated rings. The number of nitrogens with two attached hydrogens (primary N) is 1. The highest BCUT2D eigenvalue weighted by Crippen LogP contribution is 2.42. The molecule has 1 aromatic rings. The van der Waals surface area contributed by atoms with E-state index in [1.165, 1.54) is 29.8 Å². The molecule has 2 heteroatoms. The van der Waals surface area contributed by atoms with Gasteiger partial charge in [-0.25, -0.2) is 0 Å². The second kappa shape index (κ2) is 5.55. The second-order valence-corrected chi connectivity index (χ2v) is 8.03. The number of fused-ring (bicyclic) bond motifs is 1. The van der Waals surface area contributed by atoms with Crippen LogP contribution >= 0.6 is 0 Å². The van der Waals surface area contributed by atoms with Crippen LogP contribution in [0, 0.1) is 18.3 Å².